The molecule has 3 N–H and O–H groups in total. The number of halogens is 4. The highest BCUT2D eigenvalue weighted by atomic mass is 19.4. The van der Waals surface area contributed by atoms with Crippen LogP contribution in [0.1, 0.15) is 5.69 Å². The van der Waals surface area contributed by atoms with Gasteiger partial charge in [-0.05, 0) is 18.2 Å². The summed E-state index contributed by atoms with van der Waals surface area (Å²) in [5.74, 6) is -3.59. The molecule has 0 unspecified atom stereocenters. The average Bonchev–Trinajstić information content (AvgIpc) is 2.84. The van der Waals surface area contributed by atoms with Crippen LogP contribution >= 0.6 is 0 Å². The number of benzene rings is 1. The van der Waals surface area contributed by atoms with Gasteiger partial charge >= 0.3 is 12.1 Å². The number of carbonyl (C=O) groups is 2. The normalized spacial score (nSPS) is 11.1. The van der Waals surface area contributed by atoms with E-state index in [-0.39, 0.29) is 23.6 Å². The van der Waals surface area contributed by atoms with Crippen LogP contribution in [0.15, 0.2) is 30.3 Å². The highest BCUT2D eigenvalue weighted by Gasteiger charge is 2.39. The van der Waals surface area contributed by atoms with Crippen molar-refractivity contribution in [1.82, 2.24) is 10.2 Å². The number of alkyl halides is 3. The topological polar surface area (TPSA) is 86.9 Å². The second-order valence-corrected chi connectivity index (χ2v) is 4.47. The van der Waals surface area contributed by atoms with Gasteiger partial charge < -0.3 is 10.6 Å². The maximum Gasteiger partial charge on any atom is 0.471 e. The minimum atomic E-state index is -5.03. The van der Waals surface area contributed by atoms with E-state index < -0.39 is 23.8 Å². The van der Waals surface area contributed by atoms with Gasteiger partial charge in [-0.2, -0.15) is 18.3 Å². The van der Waals surface area contributed by atoms with Crippen molar-refractivity contribution in [2.45, 2.75) is 12.6 Å². The summed E-state index contributed by atoms with van der Waals surface area (Å²) < 4.78 is 49.2. The first-order valence-electron chi connectivity index (χ1n) is 6.22. The first-order valence-corrected chi connectivity index (χ1v) is 6.22. The molecule has 1 aromatic heterocycles. The molecule has 0 aliphatic heterocycles. The van der Waals surface area contributed by atoms with Gasteiger partial charge in [-0.3, -0.25) is 14.7 Å². The largest absolute Gasteiger partial charge is 0.471 e. The number of hydrogen-bond donors (Lipinski definition) is 3. The minimum Gasteiger partial charge on any atom is -0.326 e. The fraction of sp³-hybridized carbons (Fsp3) is 0.154. The van der Waals surface area contributed by atoms with E-state index in [1.165, 1.54) is 18.2 Å². The van der Waals surface area contributed by atoms with E-state index in [1.54, 1.807) is 5.32 Å². The lowest BCUT2D eigenvalue weighted by Crippen LogP contribution is -2.30. The van der Waals surface area contributed by atoms with Crippen LogP contribution in [0.3, 0.4) is 0 Å². The molecule has 2 rings (SSSR count). The highest BCUT2D eigenvalue weighted by Crippen LogP contribution is 2.17. The number of H-pyrrole nitrogens is 1. The third kappa shape index (κ3) is 4.80. The summed E-state index contributed by atoms with van der Waals surface area (Å²) in [6.07, 6.45) is -5.28. The summed E-state index contributed by atoms with van der Waals surface area (Å²) in [5.41, 5.74) is 0.413. The van der Waals surface area contributed by atoms with Gasteiger partial charge in [0.15, 0.2) is 5.82 Å². The number of aromatic nitrogens is 2. The number of hydrogen-bond acceptors (Lipinski definition) is 3. The van der Waals surface area contributed by atoms with Crippen molar-refractivity contribution >= 4 is 23.3 Å². The smallest absolute Gasteiger partial charge is 0.326 e. The van der Waals surface area contributed by atoms with Gasteiger partial charge in [-0.15, -0.1) is 0 Å². The standard InChI is InChI=1S/C13H10F4N4O2/c14-7-2-1-3-8(4-7)18-11(22)6-9-5-10(21-20-9)19-12(23)13(15,16)17/h1-5H,6H2,(H,18,22)(H2,19,20,21,23). The molecule has 1 heterocycles. The van der Waals surface area contributed by atoms with Gasteiger partial charge in [0.05, 0.1) is 6.42 Å². The van der Waals surface area contributed by atoms with Gasteiger partial charge in [0.1, 0.15) is 5.82 Å². The Morgan fingerprint density at radius 1 is 1.17 bits per heavy atom. The number of nitrogens with one attached hydrogen (secondary N) is 3. The lowest BCUT2D eigenvalue weighted by atomic mass is 10.2. The molecule has 0 bridgehead atoms. The van der Waals surface area contributed by atoms with Gasteiger partial charge in [0, 0.05) is 17.4 Å². The van der Waals surface area contributed by atoms with E-state index >= 15 is 0 Å². The zero-order valence-corrected chi connectivity index (χ0v) is 11.4. The SMILES string of the molecule is O=C(Cc1cc(NC(=O)C(F)(F)F)n[nH]1)Nc1cccc(F)c1. The third-order valence-electron chi connectivity index (χ3n) is 2.59. The number of aromatic amines is 1. The molecule has 122 valence electrons. The molecule has 2 aromatic rings. The van der Waals surface area contributed by atoms with Gasteiger partial charge in [-0.25, -0.2) is 4.39 Å². The zero-order chi connectivity index (χ0) is 17.0. The van der Waals surface area contributed by atoms with E-state index in [0.29, 0.717) is 0 Å². The van der Waals surface area contributed by atoms with E-state index in [1.807, 2.05) is 0 Å². The quantitative estimate of drug-likeness (QED) is 0.751. The lowest BCUT2D eigenvalue weighted by molar-refractivity contribution is -0.167. The maximum atomic E-state index is 13.0. The van der Waals surface area contributed by atoms with Crippen LogP contribution in [0.25, 0.3) is 0 Å². The van der Waals surface area contributed by atoms with Gasteiger partial charge in [0.2, 0.25) is 5.91 Å². The van der Waals surface area contributed by atoms with Crippen molar-refractivity contribution in [2.24, 2.45) is 0 Å². The Labute approximate surface area is 126 Å². The number of rotatable bonds is 4. The van der Waals surface area contributed by atoms with Crippen LogP contribution < -0.4 is 10.6 Å². The molecular weight excluding hydrogens is 320 g/mol. The number of anilines is 2. The molecule has 0 aliphatic rings. The maximum absolute atomic E-state index is 13.0. The second-order valence-electron chi connectivity index (χ2n) is 4.47. The molecule has 0 fully saturated rings. The minimum absolute atomic E-state index is 0.177. The lowest BCUT2D eigenvalue weighted by Gasteiger charge is -2.04. The molecule has 10 heteroatoms. The molecule has 23 heavy (non-hydrogen) atoms. The molecule has 1 aromatic carbocycles. The van der Waals surface area contributed by atoms with Crippen LogP contribution in [-0.2, 0) is 16.0 Å². The van der Waals surface area contributed by atoms with E-state index in [9.17, 15) is 27.2 Å². The number of nitrogens with zero attached hydrogens (tertiary/aromatic N) is 1. The van der Waals surface area contributed by atoms with Crippen LogP contribution in [0.4, 0.5) is 29.1 Å². The Hall–Kier alpha value is -2.91. The van der Waals surface area contributed by atoms with Crippen molar-refractivity contribution in [3.05, 3.63) is 41.8 Å². The molecule has 0 aliphatic carbocycles. The Balaban J connectivity index is 1.93. The summed E-state index contributed by atoms with van der Waals surface area (Å²) >= 11 is 0. The Bertz CT molecular complexity index is 727. The van der Waals surface area contributed by atoms with Crippen LogP contribution in [0.5, 0.6) is 0 Å². The fourth-order valence-corrected chi connectivity index (χ4v) is 1.65. The highest BCUT2D eigenvalue weighted by molar-refractivity contribution is 5.94. The molecule has 0 saturated carbocycles. The van der Waals surface area contributed by atoms with E-state index in [2.05, 4.69) is 15.5 Å². The summed E-state index contributed by atoms with van der Waals surface area (Å²) in [6.45, 7) is 0. The van der Waals surface area contributed by atoms with Crippen molar-refractivity contribution in [3.8, 4) is 0 Å². The molecule has 0 spiro atoms. The molecule has 0 atom stereocenters. The monoisotopic (exact) mass is 330 g/mol. The molecule has 6 nitrogen and oxygen atoms in total. The number of carbonyl (C=O) groups excluding carboxylic acids is 2. The second kappa shape index (κ2) is 6.46. The Morgan fingerprint density at radius 3 is 2.57 bits per heavy atom. The summed E-state index contributed by atoms with van der Waals surface area (Å²) in [4.78, 5) is 22.5. The van der Waals surface area contributed by atoms with Crippen molar-refractivity contribution in [2.75, 3.05) is 10.6 Å². The van der Waals surface area contributed by atoms with E-state index in [4.69, 9.17) is 0 Å². The van der Waals surface area contributed by atoms with Crippen LogP contribution in [-0.4, -0.2) is 28.2 Å². The molecule has 0 saturated heterocycles. The van der Waals surface area contributed by atoms with Crippen molar-refractivity contribution in [1.29, 1.82) is 0 Å². The van der Waals surface area contributed by atoms with E-state index in [0.717, 1.165) is 12.1 Å². The Morgan fingerprint density at radius 2 is 1.91 bits per heavy atom. The first kappa shape index (κ1) is 16.5. The first-order chi connectivity index (χ1) is 10.7. The molecular formula is C13H10F4N4O2. The van der Waals surface area contributed by atoms with Gasteiger partial charge in [-0.1, -0.05) is 6.07 Å². The van der Waals surface area contributed by atoms with Crippen LogP contribution in [0.2, 0.25) is 0 Å². The Kier molecular flexibility index (Phi) is 4.63. The predicted molar refractivity (Wildman–Crippen MR) is 72.0 cm³/mol. The zero-order valence-electron chi connectivity index (χ0n) is 11.4. The molecule has 2 amide bonds. The predicted octanol–water partition coefficient (Wildman–Crippen LogP) is 2.23. The van der Waals surface area contributed by atoms with Crippen LogP contribution in [0, 0.1) is 5.82 Å². The number of amides is 2. The summed E-state index contributed by atoms with van der Waals surface area (Å²) in [6, 6.07) is 6.30. The van der Waals surface area contributed by atoms with Gasteiger partial charge in [0.25, 0.3) is 0 Å². The van der Waals surface area contributed by atoms with Crippen molar-refractivity contribution in [3.63, 3.8) is 0 Å². The molecule has 0 radical (unpaired) electrons. The fourth-order valence-electron chi connectivity index (χ4n) is 1.65. The average molecular weight is 330 g/mol. The third-order valence-corrected chi connectivity index (χ3v) is 2.59. The van der Waals surface area contributed by atoms with Crippen molar-refractivity contribution < 1.29 is 27.2 Å². The summed E-state index contributed by atoms with van der Waals surface area (Å²) in [7, 11) is 0. The summed E-state index contributed by atoms with van der Waals surface area (Å²) in [5, 5.41) is 9.73.